The number of carbonyl (C=O) groups excluding carboxylic acids is 1. The molecular weight excluding hydrogens is 178 g/mol. The molecule has 1 aromatic carbocycles. The van der Waals surface area contributed by atoms with Gasteiger partial charge in [-0.3, -0.25) is 0 Å². The zero-order chi connectivity index (χ0) is 9.86. The highest BCUT2D eigenvalue weighted by atomic mass is 16.5. The van der Waals surface area contributed by atoms with Crippen molar-refractivity contribution >= 4 is 6.29 Å². The first-order valence-electron chi connectivity index (χ1n) is 4.70. The van der Waals surface area contributed by atoms with Gasteiger partial charge in [-0.05, 0) is 5.56 Å². The molecule has 1 saturated heterocycles. The van der Waals surface area contributed by atoms with Crippen molar-refractivity contribution in [3.8, 4) is 0 Å². The first-order valence-corrected chi connectivity index (χ1v) is 4.70. The van der Waals surface area contributed by atoms with Crippen LogP contribution in [0, 0.1) is 0 Å². The van der Waals surface area contributed by atoms with Gasteiger partial charge in [-0.15, -0.1) is 0 Å². The first-order chi connectivity index (χ1) is 6.85. The van der Waals surface area contributed by atoms with E-state index in [0.29, 0.717) is 19.7 Å². The topological polar surface area (TPSA) is 38.3 Å². The van der Waals surface area contributed by atoms with Crippen molar-refractivity contribution in [3.63, 3.8) is 0 Å². The molecule has 0 radical (unpaired) electrons. The third-order valence-electron chi connectivity index (χ3n) is 2.43. The third-order valence-corrected chi connectivity index (χ3v) is 2.43. The number of aldehydes is 1. The van der Waals surface area contributed by atoms with Crippen LogP contribution in [0.2, 0.25) is 0 Å². The molecule has 1 heterocycles. The van der Waals surface area contributed by atoms with Gasteiger partial charge in [-0.2, -0.15) is 0 Å². The molecule has 0 amide bonds. The maximum atomic E-state index is 10.8. The molecule has 0 unspecified atom stereocenters. The Kier molecular flexibility index (Phi) is 2.61. The second-order valence-corrected chi connectivity index (χ2v) is 3.56. The summed E-state index contributed by atoms with van der Waals surface area (Å²) in [5, 5.41) is 3.03. The van der Waals surface area contributed by atoms with Crippen LogP contribution in [-0.4, -0.2) is 25.0 Å². The second-order valence-electron chi connectivity index (χ2n) is 3.56. The summed E-state index contributed by atoms with van der Waals surface area (Å²) in [6.45, 7) is 1.76. The predicted molar refractivity (Wildman–Crippen MR) is 52.9 cm³/mol. The fraction of sp³-hybridized carbons (Fsp3) is 0.364. The molecule has 0 aliphatic carbocycles. The molecule has 3 nitrogen and oxygen atoms in total. The summed E-state index contributed by atoms with van der Waals surface area (Å²) in [6.07, 6.45) is 0.895. The molecule has 0 spiro atoms. The van der Waals surface area contributed by atoms with E-state index in [1.165, 1.54) is 0 Å². The summed E-state index contributed by atoms with van der Waals surface area (Å²) in [7, 11) is 0. The minimum absolute atomic E-state index is 0.501. The molecule has 1 fully saturated rings. The van der Waals surface area contributed by atoms with Crippen LogP contribution in [0.5, 0.6) is 0 Å². The van der Waals surface area contributed by atoms with Crippen LogP contribution in [0.4, 0.5) is 0 Å². The van der Waals surface area contributed by atoms with Gasteiger partial charge in [0.15, 0.2) is 6.29 Å². The highest BCUT2D eigenvalue weighted by molar-refractivity contribution is 5.65. The van der Waals surface area contributed by atoms with E-state index in [4.69, 9.17) is 4.74 Å². The Balaban J connectivity index is 1.91. The van der Waals surface area contributed by atoms with E-state index >= 15 is 0 Å². The smallest absolute Gasteiger partial charge is 0.154 e. The summed E-state index contributed by atoms with van der Waals surface area (Å²) in [5.74, 6) is 0. The molecule has 74 valence electrons. The monoisotopic (exact) mass is 191 g/mol. The number of ether oxygens (including phenoxy) is 1. The van der Waals surface area contributed by atoms with Crippen LogP contribution < -0.4 is 5.32 Å². The number of benzene rings is 1. The van der Waals surface area contributed by atoms with Gasteiger partial charge in [0.25, 0.3) is 0 Å². The van der Waals surface area contributed by atoms with Gasteiger partial charge in [0.1, 0.15) is 5.60 Å². The number of hydrogen-bond acceptors (Lipinski definition) is 3. The van der Waals surface area contributed by atoms with Crippen molar-refractivity contribution in [1.29, 1.82) is 0 Å². The van der Waals surface area contributed by atoms with Crippen molar-refractivity contribution in [2.75, 3.05) is 13.1 Å². The first kappa shape index (κ1) is 9.37. The van der Waals surface area contributed by atoms with Crippen LogP contribution in [0.1, 0.15) is 5.56 Å². The van der Waals surface area contributed by atoms with Crippen molar-refractivity contribution in [3.05, 3.63) is 35.9 Å². The Morgan fingerprint density at radius 1 is 1.36 bits per heavy atom. The van der Waals surface area contributed by atoms with E-state index in [2.05, 4.69) is 5.32 Å². The summed E-state index contributed by atoms with van der Waals surface area (Å²) in [5.41, 5.74) is 0.524. The molecule has 0 bridgehead atoms. The van der Waals surface area contributed by atoms with Gasteiger partial charge in [0.2, 0.25) is 0 Å². The Hall–Kier alpha value is -1.19. The van der Waals surface area contributed by atoms with Crippen LogP contribution >= 0.6 is 0 Å². The fourth-order valence-electron chi connectivity index (χ4n) is 1.39. The molecule has 1 aliphatic rings. The predicted octanol–water partition coefficient (Wildman–Crippen LogP) is 0.744. The minimum Gasteiger partial charge on any atom is -0.360 e. The lowest BCUT2D eigenvalue weighted by Crippen LogP contribution is -2.62. The molecule has 1 N–H and O–H groups in total. The molecule has 14 heavy (non-hydrogen) atoms. The minimum atomic E-state index is -0.574. The lowest BCUT2D eigenvalue weighted by molar-refractivity contribution is -0.140. The van der Waals surface area contributed by atoms with E-state index in [1.807, 2.05) is 30.3 Å². The number of carbonyl (C=O) groups is 1. The largest absolute Gasteiger partial charge is 0.360 e. The summed E-state index contributed by atoms with van der Waals surface area (Å²) >= 11 is 0. The van der Waals surface area contributed by atoms with Crippen molar-refractivity contribution in [1.82, 2.24) is 5.32 Å². The molecule has 2 rings (SSSR count). The maximum Gasteiger partial charge on any atom is 0.154 e. The van der Waals surface area contributed by atoms with Crippen molar-refractivity contribution in [2.24, 2.45) is 0 Å². The summed E-state index contributed by atoms with van der Waals surface area (Å²) < 4.78 is 5.57. The van der Waals surface area contributed by atoms with Crippen LogP contribution in [0.25, 0.3) is 0 Å². The third kappa shape index (κ3) is 1.84. The van der Waals surface area contributed by atoms with E-state index < -0.39 is 5.60 Å². The van der Waals surface area contributed by atoms with Gasteiger partial charge in [0.05, 0.1) is 6.61 Å². The molecule has 0 saturated carbocycles. The normalized spacial score (nSPS) is 18.6. The number of rotatable bonds is 4. The Bertz CT molecular complexity index is 306. The quantitative estimate of drug-likeness (QED) is 0.713. The second kappa shape index (κ2) is 3.90. The average Bonchev–Trinajstić information content (AvgIpc) is 2.19. The van der Waals surface area contributed by atoms with Gasteiger partial charge >= 0.3 is 0 Å². The van der Waals surface area contributed by atoms with Gasteiger partial charge in [0, 0.05) is 13.1 Å². The molecule has 1 aliphatic heterocycles. The lowest BCUT2D eigenvalue weighted by Gasteiger charge is -2.37. The summed E-state index contributed by atoms with van der Waals surface area (Å²) in [6, 6.07) is 9.87. The Labute approximate surface area is 83.1 Å². The highest BCUT2D eigenvalue weighted by Crippen LogP contribution is 2.16. The maximum absolute atomic E-state index is 10.8. The van der Waals surface area contributed by atoms with Crippen LogP contribution in [0.3, 0.4) is 0 Å². The van der Waals surface area contributed by atoms with Gasteiger partial charge < -0.3 is 14.8 Å². The SMILES string of the molecule is O=CC1(OCc2ccccc2)CNC1. The number of nitrogens with one attached hydrogen (secondary N) is 1. The van der Waals surface area contributed by atoms with E-state index in [-0.39, 0.29) is 0 Å². The number of hydrogen-bond donors (Lipinski definition) is 1. The average molecular weight is 191 g/mol. The zero-order valence-electron chi connectivity index (χ0n) is 7.90. The Morgan fingerprint density at radius 3 is 2.57 bits per heavy atom. The van der Waals surface area contributed by atoms with E-state index in [9.17, 15) is 4.79 Å². The zero-order valence-corrected chi connectivity index (χ0v) is 7.90. The van der Waals surface area contributed by atoms with Gasteiger partial charge in [-0.1, -0.05) is 30.3 Å². The standard InChI is InChI=1S/C11H13NO2/c13-9-11(7-12-8-11)14-6-10-4-2-1-3-5-10/h1-5,9,12H,6-8H2. The van der Waals surface area contributed by atoms with Crippen molar-refractivity contribution in [2.45, 2.75) is 12.2 Å². The van der Waals surface area contributed by atoms with E-state index in [0.717, 1.165) is 11.8 Å². The van der Waals surface area contributed by atoms with Gasteiger partial charge in [-0.25, -0.2) is 0 Å². The molecule has 1 aromatic rings. The van der Waals surface area contributed by atoms with Crippen molar-refractivity contribution < 1.29 is 9.53 Å². The highest BCUT2D eigenvalue weighted by Gasteiger charge is 2.37. The lowest BCUT2D eigenvalue weighted by atomic mass is 9.99. The molecule has 0 aromatic heterocycles. The molecular formula is C11H13NO2. The summed E-state index contributed by atoms with van der Waals surface area (Å²) in [4.78, 5) is 10.8. The molecule has 3 heteroatoms. The molecule has 0 atom stereocenters. The Morgan fingerprint density at radius 2 is 2.07 bits per heavy atom. The fourth-order valence-corrected chi connectivity index (χ4v) is 1.39. The van der Waals surface area contributed by atoms with Crippen LogP contribution in [-0.2, 0) is 16.1 Å². The van der Waals surface area contributed by atoms with E-state index in [1.54, 1.807) is 0 Å². The van der Waals surface area contributed by atoms with Crippen LogP contribution in [0.15, 0.2) is 30.3 Å².